The first-order valence-corrected chi connectivity index (χ1v) is 8.46. The van der Waals surface area contributed by atoms with Crippen LogP contribution in [0.2, 0.25) is 0 Å². The average Bonchev–Trinajstić information content (AvgIpc) is 3.14. The van der Waals surface area contributed by atoms with Crippen LogP contribution in [0.4, 0.5) is 23.7 Å². The second-order valence-electron chi connectivity index (χ2n) is 5.64. The highest BCUT2D eigenvalue weighted by Crippen LogP contribution is 2.37. The molecule has 0 saturated carbocycles. The zero-order chi connectivity index (χ0) is 18.0. The van der Waals surface area contributed by atoms with Crippen LogP contribution < -0.4 is 5.32 Å². The van der Waals surface area contributed by atoms with Crippen molar-refractivity contribution in [3.05, 3.63) is 35.9 Å². The van der Waals surface area contributed by atoms with Crippen molar-refractivity contribution in [2.75, 3.05) is 11.9 Å². The van der Waals surface area contributed by atoms with E-state index in [2.05, 4.69) is 20.5 Å². The molecule has 0 spiro atoms. The second-order valence-corrected chi connectivity index (χ2v) is 6.77. The van der Waals surface area contributed by atoms with E-state index < -0.39 is 5.51 Å². The highest BCUT2D eigenvalue weighted by atomic mass is 32.2. The fourth-order valence-electron chi connectivity index (χ4n) is 2.75. The number of thioether (sulfide) groups is 1. The Balaban J connectivity index is 1.70. The van der Waals surface area contributed by atoms with Crippen molar-refractivity contribution >= 4 is 23.5 Å². The molecule has 3 rings (SSSR count). The lowest BCUT2D eigenvalue weighted by atomic mass is 10.2. The Morgan fingerprint density at radius 1 is 1.44 bits per heavy atom. The van der Waals surface area contributed by atoms with Crippen molar-refractivity contribution in [1.82, 2.24) is 20.1 Å². The number of aryl methyl sites for hydroxylation is 1. The van der Waals surface area contributed by atoms with E-state index in [-0.39, 0.29) is 28.7 Å². The Kier molecular flexibility index (Phi) is 4.89. The van der Waals surface area contributed by atoms with Gasteiger partial charge in [-0.3, -0.25) is 5.10 Å². The van der Waals surface area contributed by atoms with Gasteiger partial charge >= 0.3 is 11.5 Å². The Bertz CT molecular complexity index is 764. The molecule has 0 bridgehead atoms. The average molecular weight is 371 g/mol. The van der Waals surface area contributed by atoms with E-state index >= 15 is 0 Å². The third-order valence-electron chi connectivity index (χ3n) is 3.75. The Morgan fingerprint density at radius 2 is 2.24 bits per heavy atom. The molecule has 134 valence electrons. The molecular weight excluding hydrogens is 355 g/mol. The van der Waals surface area contributed by atoms with Gasteiger partial charge in [-0.2, -0.15) is 18.3 Å². The second kappa shape index (κ2) is 6.95. The molecule has 1 aliphatic rings. The van der Waals surface area contributed by atoms with Crippen LogP contribution in [0.15, 0.2) is 29.2 Å². The first-order valence-electron chi connectivity index (χ1n) is 7.64. The molecule has 6 nitrogen and oxygen atoms in total. The number of benzene rings is 1. The lowest BCUT2D eigenvalue weighted by Gasteiger charge is -2.23. The number of rotatable bonds is 3. The number of H-pyrrole nitrogens is 1. The van der Waals surface area contributed by atoms with Gasteiger partial charge in [0.1, 0.15) is 5.82 Å². The molecule has 2 heterocycles. The van der Waals surface area contributed by atoms with Crippen LogP contribution in [-0.4, -0.2) is 38.2 Å². The highest BCUT2D eigenvalue weighted by Gasteiger charge is 2.33. The van der Waals surface area contributed by atoms with Crippen molar-refractivity contribution < 1.29 is 18.0 Å². The number of amides is 2. The number of nitrogens with one attached hydrogen (secondary N) is 2. The topological polar surface area (TPSA) is 73.9 Å². The molecule has 1 saturated heterocycles. The lowest BCUT2D eigenvalue weighted by Crippen LogP contribution is -2.34. The van der Waals surface area contributed by atoms with Gasteiger partial charge in [0, 0.05) is 17.1 Å². The van der Waals surface area contributed by atoms with E-state index in [1.165, 1.54) is 18.2 Å². The van der Waals surface area contributed by atoms with E-state index in [1.807, 2.05) is 0 Å². The van der Waals surface area contributed by atoms with Gasteiger partial charge in [0.05, 0.1) is 6.04 Å². The number of halogens is 3. The first kappa shape index (κ1) is 17.6. The molecule has 1 aromatic carbocycles. The number of likely N-dealkylation sites (tertiary alicyclic amines) is 1. The van der Waals surface area contributed by atoms with Gasteiger partial charge in [0.25, 0.3) is 0 Å². The third kappa shape index (κ3) is 4.44. The monoisotopic (exact) mass is 371 g/mol. The summed E-state index contributed by atoms with van der Waals surface area (Å²) in [5, 5.41) is 9.52. The van der Waals surface area contributed by atoms with Crippen LogP contribution in [0, 0.1) is 6.92 Å². The van der Waals surface area contributed by atoms with E-state index in [0.29, 0.717) is 23.9 Å². The summed E-state index contributed by atoms with van der Waals surface area (Å²) < 4.78 is 37.4. The summed E-state index contributed by atoms with van der Waals surface area (Å²) in [6.45, 7) is 2.32. The van der Waals surface area contributed by atoms with Crippen LogP contribution in [0.25, 0.3) is 0 Å². The summed E-state index contributed by atoms with van der Waals surface area (Å²) in [5.41, 5.74) is -4.05. The van der Waals surface area contributed by atoms with Crippen LogP contribution in [0.1, 0.15) is 30.5 Å². The number of hydrogen-bond donors (Lipinski definition) is 2. The fourth-order valence-corrected chi connectivity index (χ4v) is 3.35. The van der Waals surface area contributed by atoms with Gasteiger partial charge in [-0.25, -0.2) is 9.78 Å². The van der Waals surface area contributed by atoms with Crippen LogP contribution in [-0.2, 0) is 0 Å². The number of nitrogens with zero attached hydrogens (tertiary/aromatic N) is 3. The van der Waals surface area contributed by atoms with Gasteiger partial charge in [-0.15, -0.1) is 0 Å². The first-order chi connectivity index (χ1) is 11.8. The zero-order valence-corrected chi connectivity index (χ0v) is 14.1. The molecular formula is C15H16F3N5OS. The largest absolute Gasteiger partial charge is 0.446 e. The standard InChI is InChI=1S/C15H16F3N5OS/c1-9-19-13(22-21-9)12-6-3-7-23(12)14(24)20-10-4-2-5-11(8-10)25-15(16,17)18/h2,4-5,8,12H,3,6-7H2,1H3,(H,20,24)(H,19,21,22). The predicted molar refractivity (Wildman–Crippen MR) is 87.2 cm³/mol. The van der Waals surface area contributed by atoms with Crippen LogP contribution in [0.5, 0.6) is 0 Å². The van der Waals surface area contributed by atoms with Crippen molar-refractivity contribution in [3.63, 3.8) is 0 Å². The summed E-state index contributed by atoms with van der Waals surface area (Å²) >= 11 is -0.215. The molecule has 10 heteroatoms. The Labute approximate surface area is 146 Å². The highest BCUT2D eigenvalue weighted by molar-refractivity contribution is 8.00. The molecule has 0 radical (unpaired) electrons. The van der Waals surface area contributed by atoms with E-state index in [9.17, 15) is 18.0 Å². The maximum absolute atomic E-state index is 12.5. The van der Waals surface area contributed by atoms with Crippen LogP contribution >= 0.6 is 11.8 Å². The molecule has 1 aliphatic heterocycles. The number of anilines is 1. The number of alkyl halides is 3. The molecule has 2 N–H and O–H groups in total. The summed E-state index contributed by atoms with van der Waals surface area (Å²) in [6, 6.07) is 5.07. The smallest absolute Gasteiger partial charge is 0.314 e. The van der Waals surface area contributed by atoms with Gasteiger partial charge in [-0.05, 0) is 49.7 Å². The summed E-state index contributed by atoms with van der Waals surface area (Å²) in [4.78, 5) is 18.4. The third-order valence-corrected chi connectivity index (χ3v) is 4.47. The molecule has 1 aromatic heterocycles. The summed E-state index contributed by atoms with van der Waals surface area (Å²) in [6.07, 6.45) is 1.56. The van der Waals surface area contributed by atoms with Crippen molar-refractivity contribution in [3.8, 4) is 0 Å². The summed E-state index contributed by atoms with van der Waals surface area (Å²) in [5.74, 6) is 1.21. The number of urea groups is 1. The quantitative estimate of drug-likeness (QED) is 0.797. The van der Waals surface area contributed by atoms with Crippen molar-refractivity contribution in [2.45, 2.75) is 36.2 Å². The molecule has 25 heavy (non-hydrogen) atoms. The normalized spacial score (nSPS) is 17.8. The lowest BCUT2D eigenvalue weighted by molar-refractivity contribution is -0.0328. The molecule has 1 atom stereocenters. The maximum atomic E-state index is 12.5. The molecule has 1 fully saturated rings. The number of aromatic nitrogens is 3. The van der Waals surface area contributed by atoms with Gasteiger partial charge in [0.15, 0.2) is 5.82 Å². The van der Waals surface area contributed by atoms with Gasteiger partial charge < -0.3 is 10.2 Å². The minimum absolute atomic E-state index is 0.0212. The van der Waals surface area contributed by atoms with Crippen molar-refractivity contribution in [1.29, 1.82) is 0 Å². The number of carbonyl (C=O) groups excluding carboxylic acids is 1. The SMILES string of the molecule is Cc1nc(C2CCCN2C(=O)Nc2cccc(SC(F)(F)F)c2)n[nH]1. The zero-order valence-electron chi connectivity index (χ0n) is 13.3. The predicted octanol–water partition coefficient (Wildman–Crippen LogP) is 4.09. The molecule has 2 aromatic rings. The van der Waals surface area contributed by atoms with E-state index in [0.717, 1.165) is 12.8 Å². The van der Waals surface area contributed by atoms with Gasteiger partial charge in [0.2, 0.25) is 0 Å². The number of carbonyl (C=O) groups is 1. The number of aromatic amines is 1. The minimum Gasteiger partial charge on any atom is -0.314 e. The Hall–Kier alpha value is -2.23. The van der Waals surface area contributed by atoms with Crippen LogP contribution in [0.3, 0.4) is 0 Å². The van der Waals surface area contributed by atoms with E-state index in [4.69, 9.17) is 0 Å². The van der Waals surface area contributed by atoms with E-state index in [1.54, 1.807) is 17.9 Å². The molecule has 2 amide bonds. The fraction of sp³-hybridized carbons (Fsp3) is 0.400. The summed E-state index contributed by atoms with van der Waals surface area (Å²) in [7, 11) is 0. The Morgan fingerprint density at radius 3 is 2.92 bits per heavy atom. The molecule has 0 aliphatic carbocycles. The maximum Gasteiger partial charge on any atom is 0.446 e. The van der Waals surface area contributed by atoms with Gasteiger partial charge in [-0.1, -0.05) is 6.07 Å². The minimum atomic E-state index is -4.37. The van der Waals surface area contributed by atoms with Crippen molar-refractivity contribution in [2.24, 2.45) is 0 Å². The molecule has 1 unspecified atom stereocenters. The number of hydrogen-bond acceptors (Lipinski definition) is 4.